The summed E-state index contributed by atoms with van der Waals surface area (Å²) < 4.78 is 5.23. The van der Waals surface area contributed by atoms with Crippen molar-refractivity contribution in [1.82, 2.24) is 5.32 Å². The van der Waals surface area contributed by atoms with Crippen molar-refractivity contribution in [1.29, 1.82) is 0 Å². The third kappa shape index (κ3) is 5.91. The number of benzene rings is 2. The number of nitrogens with zero attached hydrogens (tertiary/aromatic N) is 1. The van der Waals surface area contributed by atoms with Crippen LogP contribution in [0.5, 0.6) is 5.75 Å². The lowest BCUT2D eigenvalue weighted by molar-refractivity contribution is -0.385. The van der Waals surface area contributed by atoms with E-state index in [-0.39, 0.29) is 29.5 Å². The van der Waals surface area contributed by atoms with Gasteiger partial charge in [0.15, 0.2) is 12.4 Å². The smallest absolute Gasteiger partial charge is 0.311 e. The average Bonchev–Trinajstić information content (AvgIpc) is 2.66. The van der Waals surface area contributed by atoms with Crippen LogP contribution in [0.1, 0.15) is 41.3 Å². The van der Waals surface area contributed by atoms with Crippen LogP contribution in [0, 0.1) is 10.1 Å². The highest BCUT2D eigenvalue weighted by Crippen LogP contribution is 2.27. The number of amides is 1. The topological polar surface area (TPSA) is 98.5 Å². The molecule has 0 heterocycles. The maximum atomic E-state index is 11.9. The predicted octanol–water partition coefficient (Wildman–Crippen LogP) is 3.27. The third-order valence-electron chi connectivity index (χ3n) is 4.06. The number of ether oxygens (including phenoxy) is 1. The number of nitrogens with one attached hydrogen (secondary N) is 1. The lowest BCUT2D eigenvalue weighted by Crippen LogP contribution is -2.30. The second kappa shape index (κ2) is 9.47. The van der Waals surface area contributed by atoms with Gasteiger partial charge in [0.05, 0.1) is 4.92 Å². The number of aldehydes is 1. The van der Waals surface area contributed by atoms with Crippen LogP contribution >= 0.6 is 0 Å². The fourth-order valence-corrected chi connectivity index (χ4v) is 2.48. The van der Waals surface area contributed by atoms with Crippen molar-refractivity contribution in [3.05, 3.63) is 69.3 Å². The highest BCUT2D eigenvalue weighted by molar-refractivity contribution is 5.79. The number of hydrogen-bond acceptors (Lipinski definition) is 5. The van der Waals surface area contributed by atoms with E-state index >= 15 is 0 Å². The summed E-state index contributed by atoms with van der Waals surface area (Å²) in [4.78, 5) is 33.0. The van der Waals surface area contributed by atoms with Crippen molar-refractivity contribution in [2.45, 2.75) is 26.2 Å². The van der Waals surface area contributed by atoms with Crippen LogP contribution in [0.3, 0.4) is 0 Å². The molecule has 7 nitrogen and oxygen atoms in total. The number of rotatable bonds is 9. The Labute approximate surface area is 157 Å². The minimum Gasteiger partial charge on any atom is -0.477 e. The lowest BCUT2D eigenvalue weighted by Gasteiger charge is -2.09. The van der Waals surface area contributed by atoms with Crippen LogP contribution in [0.2, 0.25) is 0 Å². The van der Waals surface area contributed by atoms with Crippen molar-refractivity contribution in [2.75, 3.05) is 13.2 Å². The minimum absolute atomic E-state index is 0.0509. The molecule has 0 aromatic heterocycles. The second-order valence-corrected chi connectivity index (χ2v) is 6.39. The monoisotopic (exact) mass is 370 g/mol. The summed E-state index contributed by atoms with van der Waals surface area (Å²) in [6.07, 6.45) is 1.19. The molecule has 0 aliphatic carbocycles. The molecule has 0 aliphatic heterocycles. The van der Waals surface area contributed by atoms with Gasteiger partial charge < -0.3 is 10.1 Å². The van der Waals surface area contributed by atoms with E-state index in [4.69, 9.17) is 4.74 Å². The Morgan fingerprint density at radius 2 is 1.93 bits per heavy atom. The number of carbonyl (C=O) groups is 2. The molecule has 0 aliphatic rings. The number of carbonyl (C=O) groups excluding carboxylic acids is 2. The fourth-order valence-electron chi connectivity index (χ4n) is 2.48. The first-order chi connectivity index (χ1) is 12.9. The van der Waals surface area contributed by atoms with Gasteiger partial charge in [0, 0.05) is 18.2 Å². The molecule has 7 heteroatoms. The molecule has 0 saturated heterocycles. The van der Waals surface area contributed by atoms with E-state index in [0.717, 1.165) is 11.6 Å². The predicted molar refractivity (Wildman–Crippen MR) is 101 cm³/mol. The molecule has 2 aromatic rings. The number of nitro groups is 1. The molecular weight excluding hydrogens is 348 g/mol. The molecular formula is C20H22N2O5. The van der Waals surface area contributed by atoms with Gasteiger partial charge >= 0.3 is 5.69 Å². The fraction of sp³-hybridized carbons (Fsp3) is 0.300. The van der Waals surface area contributed by atoms with Gasteiger partial charge in [-0.3, -0.25) is 19.7 Å². The zero-order chi connectivity index (χ0) is 19.8. The second-order valence-electron chi connectivity index (χ2n) is 6.39. The molecule has 0 unspecified atom stereocenters. The van der Waals surface area contributed by atoms with E-state index in [0.29, 0.717) is 25.2 Å². The van der Waals surface area contributed by atoms with Gasteiger partial charge in [0.2, 0.25) is 0 Å². The first-order valence-electron chi connectivity index (χ1n) is 8.62. The summed E-state index contributed by atoms with van der Waals surface area (Å²) in [5.74, 6) is 0.0492. The largest absolute Gasteiger partial charge is 0.477 e. The Balaban J connectivity index is 1.82. The van der Waals surface area contributed by atoms with Gasteiger partial charge in [-0.25, -0.2) is 0 Å². The van der Waals surface area contributed by atoms with E-state index in [1.807, 2.05) is 12.1 Å². The first kappa shape index (κ1) is 20.1. The molecule has 1 amide bonds. The Bertz CT molecular complexity index is 816. The van der Waals surface area contributed by atoms with Crippen molar-refractivity contribution in [2.24, 2.45) is 0 Å². The Morgan fingerprint density at radius 3 is 2.52 bits per heavy atom. The maximum absolute atomic E-state index is 11.9. The molecule has 27 heavy (non-hydrogen) atoms. The summed E-state index contributed by atoms with van der Waals surface area (Å²) >= 11 is 0. The summed E-state index contributed by atoms with van der Waals surface area (Å²) in [6, 6.07) is 12.0. The molecule has 2 rings (SSSR count). The quantitative estimate of drug-likeness (QED) is 0.415. The molecule has 0 bridgehead atoms. The van der Waals surface area contributed by atoms with Crippen LogP contribution in [-0.2, 0) is 11.2 Å². The zero-order valence-corrected chi connectivity index (χ0v) is 15.3. The van der Waals surface area contributed by atoms with Gasteiger partial charge in [0.1, 0.15) is 6.29 Å². The van der Waals surface area contributed by atoms with E-state index in [1.54, 1.807) is 0 Å². The number of nitro benzene ring substituents is 1. The zero-order valence-electron chi connectivity index (χ0n) is 15.3. The highest BCUT2D eigenvalue weighted by Gasteiger charge is 2.17. The van der Waals surface area contributed by atoms with Crippen LogP contribution < -0.4 is 10.1 Å². The van der Waals surface area contributed by atoms with E-state index in [2.05, 4.69) is 31.3 Å². The molecule has 0 saturated carbocycles. The van der Waals surface area contributed by atoms with Crippen molar-refractivity contribution in [3.63, 3.8) is 0 Å². The van der Waals surface area contributed by atoms with Gasteiger partial charge in [-0.15, -0.1) is 0 Å². The maximum Gasteiger partial charge on any atom is 0.311 e. The van der Waals surface area contributed by atoms with Gasteiger partial charge in [-0.05, 0) is 35.6 Å². The molecule has 2 aromatic carbocycles. The molecule has 1 N–H and O–H groups in total. The van der Waals surface area contributed by atoms with Crippen LogP contribution in [0.25, 0.3) is 0 Å². The summed E-state index contributed by atoms with van der Waals surface area (Å²) in [5.41, 5.74) is 2.19. The summed E-state index contributed by atoms with van der Waals surface area (Å²) in [5, 5.41) is 13.8. The van der Waals surface area contributed by atoms with E-state index < -0.39 is 4.92 Å². The van der Waals surface area contributed by atoms with Gasteiger partial charge in [-0.1, -0.05) is 38.1 Å². The first-order valence-corrected chi connectivity index (χ1v) is 8.62. The molecule has 0 radical (unpaired) electrons. The third-order valence-corrected chi connectivity index (χ3v) is 4.06. The normalized spacial score (nSPS) is 10.5. The average molecular weight is 370 g/mol. The lowest BCUT2D eigenvalue weighted by atomic mass is 10.0. The standard InChI is InChI=1S/C20H22N2O5/c1-14(2)17-6-3-15(4-7-17)9-10-21-20(24)13-27-19-8-5-16(12-23)11-18(19)22(25)26/h3-8,11-12,14H,9-10,13H2,1-2H3,(H,21,24). The van der Waals surface area contributed by atoms with Crippen molar-refractivity contribution in [3.8, 4) is 5.75 Å². The SMILES string of the molecule is CC(C)c1ccc(CCNC(=O)COc2ccc(C=O)cc2[N+](=O)[O-])cc1. The van der Waals surface area contributed by atoms with Crippen LogP contribution in [0.15, 0.2) is 42.5 Å². The summed E-state index contributed by atoms with van der Waals surface area (Å²) in [6.45, 7) is 4.36. The minimum atomic E-state index is -0.652. The van der Waals surface area contributed by atoms with Crippen LogP contribution in [-0.4, -0.2) is 30.3 Å². The van der Waals surface area contributed by atoms with Crippen molar-refractivity contribution >= 4 is 17.9 Å². The Morgan fingerprint density at radius 1 is 1.22 bits per heavy atom. The van der Waals surface area contributed by atoms with Gasteiger partial charge in [0.25, 0.3) is 5.91 Å². The van der Waals surface area contributed by atoms with Crippen molar-refractivity contribution < 1.29 is 19.2 Å². The van der Waals surface area contributed by atoms with Crippen LogP contribution in [0.4, 0.5) is 5.69 Å². The number of hydrogen-bond donors (Lipinski definition) is 1. The Kier molecular flexibility index (Phi) is 7.05. The molecule has 0 fully saturated rings. The van der Waals surface area contributed by atoms with E-state index in [9.17, 15) is 19.7 Å². The highest BCUT2D eigenvalue weighted by atomic mass is 16.6. The summed E-state index contributed by atoms with van der Waals surface area (Å²) in [7, 11) is 0. The van der Waals surface area contributed by atoms with E-state index in [1.165, 1.54) is 17.7 Å². The van der Waals surface area contributed by atoms with Gasteiger partial charge in [-0.2, -0.15) is 0 Å². The molecule has 142 valence electrons. The molecule has 0 spiro atoms. The molecule has 0 atom stereocenters. The Hall–Kier alpha value is -3.22.